The Balaban J connectivity index is 1.90. The van der Waals surface area contributed by atoms with Gasteiger partial charge in [0.25, 0.3) is 0 Å². The molecule has 1 aromatic rings. The molecule has 1 aromatic carbocycles. The lowest BCUT2D eigenvalue weighted by Crippen LogP contribution is -2.09. The molecule has 1 aliphatic carbocycles. The Kier molecular flexibility index (Phi) is 4.42. The first-order valence-electron chi connectivity index (χ1n) is 5.75. The highest BCUT2D eigenvalue weighted by Crippen LogP contribution is 2.35. The molecule has 0 saturated heterocycles. The van der Waals surface area contributed by atoms with Crippen molar-refractivity contribution in [2.45, 2.75) is 40.7 Å². The van der Waals surface area contributed by atoms with Gasteiger partial charge in [-0.25, -0.2) is 0 Å². The molecule has 0 unspecified atom stereocenters. The first-order chi connectivity index (χ1) is 7.78. The average molecular weight is 250 g/mol. The van der Waals surface area contributed by atoms with Crippen LogP contribution in [0, 0.1) is 0 Å². The second-order valence-corrected chi connectivity index (χ2v) is 6.50. The van der Waals surface area contributed by atoms with E-state index >= 15 is 0 Å². The van der Waals surface area contributed by atoms with Gasteiger partial charge >= 0.3 is 0 Å². The standard InChI is InChI=1S/C14H18S2/c1-11-3-5-13(6-4-11)16-14-9-7-12(15-2)8-10-14/h7-10,13H,1,3-6H2,2H3. The van der Waals surface area contributed by atoms with Crippen molar-refractivity contribution in [1.29, 1.82) is 0 Å². The molecule has 2 rings (SSSR count). The fourth-order valence-electron chi connectivity index (χ4n) is 1.96. The Bertz CT molecular complexity index is 344. The van der Waals surface area contributed by atoms with Gasteiger partial charge in [0.1, 0.15) is 0 Å². The zero-order valence-electron chi connectivity index (χ0n) is 9.74. The van der Waals surface area contributed by atoms with Crippen LogP contribution in [0.1, 0.15) is 25.7 Å². The van der Waals surface area contributed by atoms with Crippen LogP contribution in [0.3, 0.4) is 0 Å². The molecule has 1 fully saturated rings. The minimum atomic E-state index is 0.797. The van der Waals surface area contributed by atoms with Crippen LogP contribution >= 0.6 is 23.5 Å². The lowest BCUT2D eigenvalue weighted by molar-refractivity contribution is 0.616. The molecule has 0 heterocycles. The third-order valence-corrected chi connectivity index (χ3v) is 5.09. The summed E-state index contributed by atoms with van der Waals surface area (Å²) >= 11 is 3.84. The highest BCUT2D eigenvalue weighted by atomic mass is 32.2. The summed E-state index contributed by atoms with van der Waals surface area (Å²) in [4.78, 5) is 2.76. The summed E-state index contributed by atoms with van der Waals surface area (Å²) in [6.07, 6.45) is 7.16. The topological polar surface area (TPSA) is 0 Å². The van der Waals surface area contributed by atoms with Gasteiger partial charge in [-0.3, -0.25) is 0 Å². The van der Waals surface area contributed by atoms with Crippen molar-refractivity contribution < 1.29 is 0 Å². The minimum absolute atomic E-state index is 0.797. The first kappa shape index (κ1) is 12.1. The van der Waals surface area contributed by atoms with Crippen LogP contribution in [0.15, 0.2) is 46.2 Å². The van der Waals surface area contributed by atoms with Gasteiger partial charge in [-0.15, -0.1) is 23.5 Å². The van der Waals surface area contributed by atoms with Gasteiger partial charge in [-0.1, -0.05) is 12.2 Å². The molecular weight excluding hydrogens is 232 g/mol. The van der Waals surface area contributed by atoms with Crippen molar-refractivity contribution in [3.8, 4) is 0 Å². The van der Waals surface area contributed by atoms with E-state index in [4.69, 9.17) is 0 Å². The van der Waals surface area contributed by atoms with Crippen LogP contribution in [0.4, 0.5) is 0 Å². The van der Waals surface area contributed by atoms with Crippen molar-refractivity contribution in [3.05, 3.63) is 36.4 Å². The number of benzene rings is 1. The van der Waals surface area contributed by atoms with Gasteiger partial charge in [-0.2, -0.15) is 0 Å². The summed E-state index contributed by atoms with van der Waals surface area (Å²) in [7, 11) is 0. The summed E-state index contributed by atoms with van der Waals surface area (Å²) < 4.78 is 0. The van der Waals surface area contributed by atoms with Crippen molar-refractivity contribution >= 4 is 23.5 Å². The molecule has 0 amide bonds. The van der Waals surface area contributed by atoms with Crippen molar-refractivity contribution in [2.24, 2.45) is 0 Å². The quantitative estimate of drug-likeness (QED) is 0.547. The highest BCUT2D eigenvalue weighted by molar-refractivity contribution is 8.00. The van der Waals surface area contributed by atoms with E-state index in [1.807, 2.05) is 11.8 Å². The fraction of sp³-hybridized carbons (Fsp3) is 0.429. The van der Waals surface area contributed by atoms with Crippen molar-refractivity contribution in [2.75, 3.05) is 6.26 Å². The lowest BCUT2D eigenvalue weighted by atomic mass is 9.96. The molecule has 0 radical (unpaired) electrons. The van der Waals surface area contributed by atoms with Gasteiger partial charge in [0, 0.05) is 15.0 Å². The number of rotatable bonds is 3. The third kappa shape index (κ3) is 3.33. The molecule has 0 aliphatic heterocycles. The van der Waals surface area contributed by atoms with E-state index in [0.29, 0.717) is 0 Å². The average Bonchev–Trinajstić information content (AvgIpc) is 2.33. The molecule has 1 saturated carbocycles. The SMILES string of the molecule is C=C1CCC(Sc2ccc(SC)cc2)CC1. The van der Waals surface area contributed by atoms with E-state index in [9.17, 15) is 0 Å². The Labute approximate surface area is 107 Å². The summed E-state index contributed by atoms with van der Waals surface area (Å²) in [5, 5.41) is 0.797. The van der Waals surface area contributed by atoms with E-state index in [1.54, 1.807) is 11.8 Å². The molecule has 0 bridgehead atoms. The second-order valence-electron chi connectivity index (χ2n) is 4.24. The number of thioether (sulfide) groups is 2. The van der Waals surface area contributed by atoms with Gasteiger partial charge in [0.15, 0.2) is 0 Å². The van der Waals surface area contributed by atoms with E-state index in [-0.39, 0.29) is 0 Å². The maximum Gasteiger partial charge on any atom is 0.0100 e. The number of hydrogen-bond acceptors (Lipinski definition) is 2. The van der Waals surface area contributed by atoms with Gasteiger partial charge < -0.3 is 0 Å². The van der Waals surface area contributed by atoms with E-state index in [1.165, 1.54) is 41.0 Å². The molecule has 0 aromatic heterocycles. The van der Waals surface area contributed by atoms with Crippen molar-refractivity contribution in [3.63, 3.8) is 0 Å². The monoisotopic (exact) mass is 250 g/mol. The van der Waals surface area contributed by atoms with E-state index in [0.717, 1.165) is 5.25 Å². The molecule has 1 aliphatic rings. The van der Waals surface area contributed by atoms with Gasteiger partial charge in [0.05, 0.1) is 0 Å². The largest absolute Gasteiger partial charge is 0.130 e. The minimum Gasteiger partial charge on any atom is -0.130 e. The first-order valence-corrected chi connectivity index (χ1v) is 7.86. The van der Waals surface area contributed by atoms with Crippen LogP contribution in [-0.4, -0.2) is 11.5 Å². The van der Waals surface area contributed by atoms with Crippen LogP contribution in [0.25, 0.3) is 0 Å². The smallest absolute Gasteiger partial charge is 0.0100 e. The predicted octanol–water partition coefficient (Wildman–Crippen LogP) is 5.00. The van der Waals surface area contributed by atoms with Gasteiger partial charge in [-0.05, 0) is 56.2 Å². The fourth-order valence-corrected chi connectivity index (χ4v) is 3.52. The van der Waals surface area contributed by atoms with Crippen molar-refractivity contribution in [1.82, 2.24) is 0 Å². The predicted molar refractivity (Wildman–Crippen MR) is 75.5 cm³/mol. The zero-order valence-corrected chi connectivity index (χ0v) is 11.4. The lowest BCUT2D eigenvalue weighted by Gasteiger charge is -2.22. The summed E-state index contributed by atoms with van der Waals surface area (Å²) in [6, 6.07) is 8.93. The molecule has 0 atom stereocenters. The maximum atomic E-state index is 4.07. The Morgan fingerprint density at radius 2 is 1.62 bits per heavy atom. The molecule has 0 nitrogen and oxygen atoms in total. The van der Waals surface area contributed by atoms with Crippen LogP contribution in [0.2, 0.25) is 0 Å². The summed E-state index contributed by atoms with van der Waals surface area (Å²) in [5.41, 5.74) is 1.44. The van der Waals surface area contributed by atoms with Gasteiger partial charge in [0.2, 0.25) is 0 Å². The molecule has 2 heteroatoms. The Hall–Kier alpha value is -0.340. The molecule has 16 heavy (non-hydrogen) atoms. The second kappa shape index (κ2) is 5.83. The summed E-state index contributed by atoms with van der Waals surface area (Å²) in [6.45, 7) is 4.07. The summed E-state index contributed by atoms with van der Waals surface area (Å²) in [5.74, 6) is 0. The van der Waals surface area contributed by atoms with E-state index in [2.05, 4.69) is 37.1 Å². The van der Waals surface area contributed by atoms with Crippen LogP contribution < -0.4 is 0 Å². The molecule has 0 spiro atoms. The highest BCUT2D eigenvalue weighted by Gasteiger charge is 2.16. The van der Waals surface area contributed by atoms with Crippen LogP contribution in [-0.2, 0) is 0 Å². The molecular formula is C14H18S2. The molecule has 86 valence electrons. The zero-order chi connectivity index (χ0) is 11.4. The number of hydrogen-bond donors (Lipinski definition) is 0. The van der Waals surface area contributed by atoms with Crippen LogP contribution in [0.5, 0.6) is 0 Å². The third-order valence-electron chi connectivity index (χ3n) is 3.00. The Morgan fingerprint density at radius 1 is 1.06 bits per heavy atom. The normalized spacial score (nSPS) is 17.7. The Morgan fingerprint density at radius 3 is 2.19 bits per heavy atom. The maximum absolute atomic E-state index is 4.07. The number of allylic oxidation sites excluding steroid dienone is 1. The molecule has 0 N–H and O–H groups in total. The van der Waals surface area contributed by atoms with E-state index < -0.39 is 0 Å².